The molecular formula is C16H31NO2. The molecule has 112 valence electrons. The molecule has 1 rings (SSSR count). The van der Waals surface area contributed by atoms with Gasteiger partial charge in [0.05, 0.1) is 5.41 Å². The lowest BCUT2D eigenvalue weighted by molar-refractivity contribution is -0.147. The second-order valence-corrected chi connectivity index (χ2v) is 7.10. The second-order valence-electron chi connectivity index (χ2n) is 7.10. The number of aliphatic carboxylic acids is 1. The first-order chi connectivity index (χ1) is 8.83. The Kier molecular flexibility index (Phi) is 6.31. The number of nitrogens with zero attached hydrogens (tertiary/aromatic N) is 1. The number of carboxylic acids is 1. The molecule has 3 nitrogen and oxygen atoms in total. The highest BCUT2D eigenvalue weighted by atomic mass is 16.4. The zero-order chi connectivity index (χ0) is 14.5. The predicted molar refractivity (Wildman–Crippen MR) is 79.3 cm³/mol. The van der Waals surface area contributed by atoms with Gasteiger partial charge in [0.15, 0.2) is 0 Å². The van der Waals surface area contributed by atoms with Crippen molar-refractivity contribution < 1.29 is 9.90 Å². The number of unbranched alkanes of at least 4 members (excludes halogenated alkanes) is 1. The van der Waals surface area contributed by atoms with Crippen molar-refractivity contribution in [1.82, 2.24) is 4.90 Å². The van der Waals surface area contributed by atoms with Gasteiger partial charge in [0, 0.05) is 6.04 Å². The molecule has 0 radical (unpaired) electrons. The van der Waals surface area contributed by atoms with Crippen molar-refractivity contribution in [3.63, 3.8) is 0 Å². The zero-order valence-corrected chi connectivity index (χ0v) is 13.1. The van der Waals surface area contributed by atoms with Gasteiger partial charge in [-0.15, -0.1) is 0 Å². The third-order valence-electron chi connectivity index (χ3n) is 4.13. The maximum absolute atomic E-state index is 11.0. The molecular weight excluding hydrogens is 238 g/mol. The topological polar surface area (TPSA) is 40.5 Å². The summed E-state index contributed by atoms with van der Waals surface area (Å²) in [6.07, 6.45) is 6.93. The van der Waals surface area contributed by atoms with E-state index in [1.165, 1.54) is 25.8 Å². The molecule has 0 aromatic heterocycles. The summed E-state index contributed by atoms with van der Waals surface area (Å²) < 4.78 is 0. The summed E-state index contributed by atoms with van der Waals surface area (Å²) in [7, 11) is 0. The van der Waals surface area contributed by atoms with E-state index in [0.29, 0.717) is 0 Å². The third kappa shape index (κ3) is 6.42. The summed E-state index contributed by atoms with van der Waals surface area (Å²) in [4.78, 5) is 13.7. The van der Waals surface area contributed by atoms with Gasteiger partial charge in [-0.25, -0.2) is 0 Å². The van der Waals surface area contributed by atoms with Crippen LogP contribution in [0.1, 0.15) is 66.2 Å². The van der Waals surface area contributed by atoms with Crippen molar-refractivity contribution in [1.29, 1.82) is 0 Å². The van der Waals surface area contributed by atoms with E-state index in [1.54, 1.807) is 0 Å². The molecule has 1 N–H and O–H groups in total. The van der Waals surface area contributed by atoms with Crippen LogP contribution in [0.15, 0.2) is 0 Å². The van der Waals surface area contributed by atoms with Gasteiger partial charge in [0.2, 0.25) is 0 Å². The molecule has 0 amide bonds. The smallest absolute Gasteiger partial charge is 0.309 e. The summed E-state index contributed by atoms with van der Waals surface area (Å²) in [5.41, 5.74) is -0.567. The lowest BCUT2D eigenvalue weighted by Crippen LogP contribution is -2.29. The molecule has 0 spiro atoms. The molecule has 0 aliphatic heterocycles. The van der Waals surface area contributed by atoms with Crippen LogP contribution < -0.4 is 0 Å². The Balaban J connectivity index is 2.20. The van der Waals surface area contributed by atoms with Crippen molar-refractivity contribution in [2.24, 2.45) is 11.3 Å². The van der Waals surface area contributed by atoms with Crippen LogP contribution in [0.4, 0.5) is 0 Å². The number of hydrogen-bond donors (Lipinski definition) is 1. The second kappa shape index (κ2) is 7.28. The number of rotatable bonds is 10. The minimum Gasteiger partial charge on any atom is -0.481 e. The van der Waals surface area contributed by atoms with E-state index >= 15 is 0 Å². The molecule has 1 aliphatic rings. The summed E-state index contributed by atoms with van der Waals surface area (Å²) in [5, 5.41) is 9.08. The molecule has 0 bridgehead atoms. The fourth-order valence-electron chi connectivity index (χ4n) is 2.33. The number of hydrogen-bond acceptors (Lipinski definition) is 2. The minimum absolute atomic E-state index is 0.567. The molecule has 19 heavy (non-hydrogen) atoms. The minimum atomic E-state index is -0.675. The highest BCUT2D eigenvalue weighted by Gasteiger charge is 2.29. The Morgan fingerprint density at radius 3 is 2.37 bits per heavy atom. The van der Waals surface area contributed by atoms with Crippen LogP contribution in [0.3, 0.4) is 0 Å². The van der Waals surface area contributed by atoms with Gasteiger partial charge in [0.1, 0.15) is 0 Å². The maximum atomic E-state index is 11.0. The van der Waals surface area contributed by atoms with Crippen LogP contribution in [0.5, 0.6) is 0 Å². The van der Waals surface area contributed by atoms with Crippen LogP contribution in [-0.2, 0) is 4.79 Å². The monoisotopic (exact) mass is 269 g/mol. The van der Waals surface area contributed by atoms with Crippen molar-refractivity contribution in [3.05, 3.63) is 0 Å². The summed E-state index contributed by atoms with van der Waals surface area (Å²) in [5.74, 6) is 0.0959. The van der Waals surface area contributed by atoms with E-state index in [0.717, 1.165) is 37.8 Å². The van der Waals surface area contributed by atoms with Crippen LogP contribution >= 0.6 is 0 Å². The fourth-order valence-corrected chi connectivity index (χ4v) is 2.33. The van der Waals surface area contributed by atoms with Gasteiger partial charge < -0.3 is 10.0 Å². The zero-order valence-electron chi connectivity index (χ0n) is 13.1. The summed E-state index contributed by atoms with van der Waals surface area (Å²) in [6.45, 7) is 10.6. The van der Waals surface area contributed by atoms with E-state index in [1.807, 2.05) is 13.8 Å². The lowest BCUT2D eigenvalue weighted by atomic mass is 9.87. The number of carbonyl (C=O) groups is 1. The van der Waals surface area contributed by atoms with Crippen molar-refractivity contribution in [2.45, 2.75) is 72.3 Å². The molecule has 0 atom stereocenters. The Hall–Kier alpha value is -0.570. The molecule has 0 saturated heterocycles. The highest BCUT2D eigenvalue weighted by molar-refractivity contribution is 5.73. The molecule has 1 saturated carbocycles. The first kappa shape index (κ1) is 16.5. The van der Waals surface area contributed by atoms with Crippen molar-refractivity contribution in [3.8, 4) is 0 Å². The molecule has 1 aliphatic carbocycles. The standard InChI is InChI=1S/C16H31NO2/c1-13(2)9-12-17(14-7-8-14)11-6-5-10-16(3,4)15(18)19/h13-14H,5-12H2,1-4H3,(H,18,19). The van der Waals surface area contributed by atoms with Crippen molar-refractivity contribution >= 4 is 5.97 Å². The molecule has 0 aromatic carbocycles. The molecule has 0 aromatic rings. The predicted octanol–water partition coefficient (Wildman–Crippen LogP) is 3.78. The van der Waals surface area contributed by atoms with Crippen LogP contribution in [0.25, 0.3) is 0 Å². The first-order valence-electron chi connectivity index (χ1n) is 7.80. The molecule has 3 heteroatoms. The van der Waals surface area contributed by atoms with Gasteiger partial charge in [0.25, 0.3) is 0 Å². The Morgan fingerprint density at radius 1 is 1.26 bits per heavy atom. The third-order valence-corrected chi connectivity index (χ3v) is 4.13. The Bertz CT molecular complexity index is 282. The molecule has 1 fully saturated rings. The average Bonchev–Trinajstić information content (AvgIpc) is 3.11. The number of carboxylic acid groups (broad SMARTS) is 1. The van der Waals surface area contributed by atoms with E-state index < -0.39 is 11.4 Å². The Labute approximate surface area is 118 Å². The van der Waals surface area contributed by atoms with E-state index in [2.05, 4.69) is 18.7 Å². The summed E-state index contributed by atoms with van der Waals surface area (Å²) in [6, 6.07) is 0.825. The Morgan fingerprint density at radius 2 is 1.89 bits per heavy atom. The summed E-state index contributed by atoms with van der Waals surface area (Å²) >= 11 is 0. The first-order valence-corrected chi connectivity index (χ1v) is 7.80. The fraction of sp³-hybridized carbons (Fsp3) is 0.938. The van der Waals surface area contributed by atoms with E-state index in [4.69, 9.17) is 5.11 Å². The van der Waals surface area contributed by atoms with Gasteiger partial charge in [-0.3, -0.25) is 4.79 Å². The van der Waals surface area contributed by atoms with Crippen LogP contribution in [0, 0.1) is 11.3 Å². The molecule has 0 heterocycles. The van der Waals surface area contributed by atoms with Crippen molar-refractivity contribution in [2.75, 3.05) is 13.1 Å². The SMILES string of the molecule is CC(C)CCN(CCCCC(C)(C)C(=O)O)C1CC1. The maximum Gasteiger partial charge on any atom is 0.309 e. The molecule has 0 unspecified atom stereocenters. The van der Waals surface area contributed by atoms with Crippen LogP contribution in [0.2, 0.25) is 0 Å². The lowest BCUT2D eigenvalue weighted by Gasteiger charge is -2.24. The van der Waals surface area contributed by atoms with E-state index in [-0.39, 0.29) is 0 Å². The van der Waals surface area contributed by atoms with Gasteiger partial charge >= 0.3 is 5.97 Å². The quantitative estimate of drug-likeness (QED) is 0.614. The largest absolute Gasteiger partial charge is 0.481 e. The van der Waals surface area contributed by atoms with E-state index in [9.17, 15) is 4.79 Å². The average molecular weight is 269 g/mol. The highest BCUT2D eigenvalue weighted by Crippen LogP contribution is 2.28. The normalized spacial score (nSPS) is 16.3. The van der Waals surface area contributed by atoms with Gasteiger partial charge in [-0.2, -0.15) is 0 Å². The van der Waals surface area contributed by atoms with Crippen LogP contribution in [-0.4, -0.2) is 35.1 Å². The van der Waals surface area contributed by atoms with Gasteiger partial charge in [-0.1, -0.05) is 20.3 Å². The van der Waals surface area contributed by atoms with Gasteiger partial charge in [-0.05, 0) is 65.0 Å².